The van der Waals surface area contributed by atoms with E-state index in [2.05, 4.69) is 0 Å². The van der Waals surface area contributed by atoms with Gasteiger partial charge in [-0.15, -0.1) is 0 Å². The van der Waals surface area contributed by atoms with Gasteiger partial charge in [0, 0.05) is 12.8 Å². The minimum absolute atomic E-state index is 0.111. The summed E-state index contributed by atoms with van der Waals surface area (Å²) in [7, 11) is 1.18. The number of methoxy groups -OCH3 is 1. The zero-order valence-corrected chi connectivity index (χ0v) is 23.2. The second-order valence-electron chi connectivity index (χ2n) is 9.36. The van der Waals surface area contributed by atoms with Crippen molar-refractivity contribution in [2.45, 2.75) is 97.7 Å². The van der Waals surface area contributed by atoms with Crippen molar-refractivity contribution in [2.24, 2.45) is 5.73 Å². The third-order valence-corrected chi connectivity index (χ3v) is 4.99. The molecule has 1 rings (SSSR count). The summed E-state index contributed by atoms with van der Waals surface area (Å²) in [5.41, 5.74) is 5.22. The smallest absolute Gasteiger partial charge is 0.468 e. The van der Waals surface area contributed by atoms with Crippen LogP contribution in [0.4, 0.5) is 14.4 Å². The van der Waals surface area contributed by atoms with Crippen LogP contribution in [0.5, 0.6) is 11.5 Å². The molecule has 1 aromatic rings. The van der Waals surface area contributed by atoms with E-state index in [-0.39, 0.29) is 30.4 Å². The zero-order chi connectivity index (χ0) is 29.0. The first-order valence-electron chi connectivity index (χ1n) is 12.3. The van der Waals surface area contributed by atoms with E-state index in [4.69, 9.17) is 38.9 Å². The fourth-order valence-electron chi connectivity index (χ4n) is 3.23. The summed E-state index contributed by atoms with van der Waals surface area (Å²) < 4.78 is 35.7. The summed E-state index contributed by atoms with van der Waals surface area (Å²) in [6, 6.07) is 4.24. The van der Waals surface area contributed by atoms with Gasteiger partial charge in [0.25, 0.3) is 0 Å². The second-order valence-corrected chi connectivity index (χ2v) is 9.36. The molecule has 38 heavy (non-hydrogen) atoms. The van der Waals surface area contributed by atoms with Crippen LogP contribution in [0.1, 0.15) is 66.9 Å². The molecule has 12 heteroatoms. The Bertz CT molecular complexity index is 963. The largest absolute Gasteiger partial charge is 0.514 e. The van der Waals surface area contributed by atoms with Gasteiger partial charge in [-0.1, -0.05) is 13.0 Å². The number of hydrogen-bond acceptors (Lipinski definition) is 12. The van der Waals surface area contributed by atoms with Crippen LogP contribution < -0.4 is 15.2 Å². The Morgan fingerprint density at radius 1 is 0.789 bits per heavy atom. The van der Waals surface area contributed by atoms with Gasteiger partial charge < -0.3 is 38.9 Å². The standard InChI is InChI=1S/C26H39NO11/c1-9-17(6)35-25(31)36-18(7)13-26(27,22(28)32-8)14-19-10-11-20(37-23(29)33-15(2)3)21(12-19)38-24(30)34-16(4)5/h10-12,15-18H,9,13-14,27H2,1-8H3/t17-,18-,26?/m0/s1. The highest BCUT2D eigenvalue weighted by Crippen LogP contribution is 2.32. The van der Waals surface area contributed by atoms with E-state index >= 15 is 0 Å². The van der Waals surface area contributed by atoms with E-state index in [0.717, 1.165) is 0 Å². The molecule has 0 bridgehead atoms. The molecule has 1 aromatic carbocycles. The van der Waals surface area contributed by atoms with Crippen LogP contribution in [0.15, 0.2) is 18.2 Å². The van der Waals surface area contributed by atoms with Gasteiger partial charge in [0.05, 0.1) is 19.3 Å². The molecule has 0 radical (unpaired) electrons. The predicted octanol–water partition coefficient (Wildman–Crippen LogP) is 4.68. The Morgan fingerprint density at radius 3 is 1.82 bits per heavy atom. The third-order valence-electron chi connectivity index (χ3n) is 4.99. The number of esters is 1. The van der Waals surface area contributed by atoms with Crippen LogP contribution >= 0.6 is 0 Å². The summed E-state index contributed by atoms with van der Waals surface area (Å²) in [6.45, 7) is 11.7. The lowest BCUT2D eigenvalue weighted by Crippen LogP contribution is -2.53. The molecule has 0 aliphatic rings. The normalized spacial score (nSPS) is 14.1. The maximum absolute atomic E-state index is 12.7. The minimum atomic E-state index is -1.64. The monoisotopic (exact) mass is 541 g/mol. The molecule has 2 N–H and O–H groups in total. The zero-order valence-electron chi connectivity index (χ0n) is 23.2. The SMILES string of the molecule is CC[C@H](C)OC(=O)O[C@@H](C)CC(N)(Cc1ccc(OC(=O)OC(C)C)c(OC(=O)OC(C)C)c1)C(=O)OC. The molecule has 1 unspecified atom stereocenters. The lowest BCUT2D eigenvalue weighted by Gasteiger charge is -2.29. The fraction of sp³-hybridized carbons (Fsp3) is 0.615. The van der Waals surface area contributed by atoms with Crippen molar-refractivity contribution in [3.8, 4) is 11.5 Å². The van der Waals surface area contributed by atoms with Crippen molar-refractivity contribution in [1.82, 2.24) is 0 Å². The van der Waals surface area contributed by atoms with Crippen LogP contribution in [0.25, 0.3) is 0 Å². The van der Waals surface area contributed by atoms with Gasteiger partial charge in [-0.05, 0) is 65.7 Å². The van der Waals surface area contributed by atoms with E-state index in [9.17, 15) is 19.2 Å². The Morgan fingerprint density at radius 2 is 1.32 bits per heavy atom. The van der Waals surface area contributed by atoms with Crippen LogP contribution in [-0.2, 0) is 34.9 Å². The molecule has 0 aliphatic carbocycles. The highest BCUT2D eigenvalue weighted by atomic mass is 16.8. The number of ether oxygens (including phenoxy) is 7. The number of rotatable bonds is 12. The average Bonchev–Trinajstić information content (AvgIpc) is 2.78. The van der Waals surface area contributed by atoms with Crippen LogP contribution in [-0.4, -0.2) is 61.5 Å². The number of carbonyl (C=O) groups is 4. The van der Waals surface area contributed by atoms with E-state index in [0.29, 0.717) is 12.0 Å². The maximum Gasteiger partial charge on any atom is 0.514 e. The Labute approximate surface area is 223 Å². The average molecular weight is 542 g/mol. The first-order valence-corrected chi connectivity index (χ1v) is 12.3. The molecule has 0 spiro atoms. The van der Waals surface area contributed by atoms with Gasteiger partial charge in [-0.2, -0.15) is 0 Å². The van der Waals surface area contributed by atoms with Crippen molar-refractivity contribution in [2.75, 3.05) is 7.11 Å². The van der Waals surface area contributed by atoms with Gasteiger partial charge in [0.15, 0.2) is 11.5 Å². The molecule has 0 heterocycles. The molecule has 0 fully saturated rings. The van der Waals surface area contributed by atoms with Crippen molar-refractivity contribution in [3.05, 3.63) is 23.8 Å². The van der Waals surface area contributed by atoms with E-state index in [1.165, 1.54) is 25.3 Å². The number of carbonyl (C=O) groups excluding carboxylic acids is 4. The highest BCUT2D eigenvalue weighted by molar-refractivity contribution is 5.81. The summed E-state index contributed by atoms with van der Waals surface area (Å²) in [5.74, 6) is -1.04. The fourth-order valence-corrected chi connectivity index (χ4v) is 3.23. The second kappa shape index (κ2) is 15.0. The Kier molecular flexibility index (Phi) is 12.8. The van der Waals surface area contributed by atoms with Crippen molar-refractivity contribution in [1.29, 1.82) is 0 Å². The molecule has 0 aliphatic heterocycles. The molecular weight excluding hydrogens is 502 g/mol. The third kappa shape index (κ3) is 11.2. The summed E-state index contributed by atoms with van der Waals surface area (Å²) in [4.78, 5) is 48.9. The van der Waals surface area contributed by atoms with Crippen molar-refractivity contribution in [3.63, 3.8) is 0 Å². The minimum Gasteiger partial charge on any atom is -0.468 e. The first kappa shape index (κ1) is 32.5. The topological polar surface area (TPSA) is 159 Å². The summed E-state index contributed by atoms with van der Waals surface area (Å²) in [6.07, 6.45) is -4.59. The van der Waals surface area contributed by atoms with Gasteiger partial charge in [0.1, 0.15) is 17.7 Å². The van der Waals surface area contributed by atoms with Gasteiger partial charge >= 0.3 is 24.4 Å². The van der Waals surface area contributed by atoms with E-state index < -0.39 is 48.3 Å². The van der Waals surface area contributed by atoms with Crippen LogP contribution in [0, 0.1) is 0 Å². The number of nitrogens with two attached hydrogens (primary N) is 1. The molecule has 12 nitrogen and oxygen atoms in total. The molecule has 0 amide bonds. The molecule has 3 atom stereocenters. The molecule has 0 aromatic heterocycles. The molecular formula is C26H39NO11. The van der Waals surface area contributed by atoms with E-state index in [1.54, 1.807) is 41.5 Å². The van der Waals surface area contributed by atoms with Crippen LogP contribution in [0.3, 0.4) is 0 Å². The number of benzene rings is 1. The molecule has 0 saturated heterocycles. The van der Waals surface area contributed by atoms with Gasteiger partial charge in [-0.25, -0.2) is 14.4 Å². The Balaban J connectivity index is 3.21. The quantitative estimate of drug-likeness (QED) is 0.221. The van der Waals surface area contributed by atoms with Crippen molar-refractivity contribution >= 4 is 24.4 Å². The summed E-state index contributed by atoms with van der Waals surface area (Å²) in [5, 5.41) is 0. The summed E-state index contributed by atoms with van der Waals surface area (Å²) >= 11 is 0. The van der Waals surface area contributed by atoms with E-state index in [1.807, 2.05) is 6.92 Å². The lowest BCUT2D eigenvalue weighted by atomic mass is 9.86. The lowest BCUT2D eigenvalue weighted by molar-refractivity contribution is -0.148. The van der Waals surface area contributed by atoms with Crippen molar-refractivity contribution < 1.29 is 52.3 Å². The van der Waals surface area contributed by atoms with Crippen LogP contribution in [0.2, 0.25) is 0 Å². The highest BCUT2D eigenvalue weighted by Gasteiger charge is 2.38. The van der Waals surface area contributed by atoms with Gasteiger partial charge in [0.2, 0.25) is 0 Å². The van der Waals surface area contributed by atoms with Gasteiger partial charge in [-0.3, -0.25) is 4.79 Å². The Hall–Kier alpha value is -3.54. The maximum atomic E-state index is 12.7. The first-order chi connectivity index (χ1) is 17.7. The predicted molar refractivity (Wildman–Crippen MR) is 135 cm³/mol. The number of hydrogen-bond donors (Lipinski definition) is 1. The molecule has 0 saturated carbocycles. The molecule has 214 valence electrons.